The molecule has 6 heteroatoms. The van der Waals surface area contributed by atoms with Crippen molar-refractivity contribution in [3.63, 3.8) is 0 Å². The lowest BCUT2D eigenvalue weighted by molar-refractivity contribution is 0.102. The van der Waals surface area contributed by atoms with Gasteiger partial charge in [-0.15, -0.1) is 11.3 Å². The molecule has 1 atom stereocenters. The monoisotopic (exact) mass is 416 g/mol. The fourth-order valence-corrected chi connectivity index (χ4v) is 4.95. The van der Waals surface area contributed by atoms with Crippen molar-refractivity contribution in [2.75, 3.05) is 0 Å². The van der Waals surface area contributed by atoms with Crippen LogP contribution in [0.4, 0.5) is 0 Å². The highest BCUT2D eigenvalue weighted by atomic mass is 79.9. The molecule has 0 radical (unpaired) electrons. The third-order valence-corrected chi connectivity index (χ3v) is 5.68. The highest BCUT2D eigenvalue weighted by Crippen LogP contribution is 2.45. The summed E-state index contributed by atoms with van der Waals surface area (Å²) in [5, 5.41) is 11.2. The maximum atomic E-state index is 10.3. The van der Waals surface area contributed by atoms with Crippen LogP contribution < -0.4 is 0 Å². The Morgan fingerprint density at radius 1 is 1.40 bits per heavy atom. The highest BCUT2D eigenvalue weighted by molar-refractivity contribution is 9.11. The molecule has 1 N–H and O–H groups in total. The van der Waals surface area contributed by atoms with Crippen LogP contribution in [-0.4, -0.2) is 15.1 Å². The predicted molar refractivity (Wildman–Crippen MR) is 87.8 cm³/mol. The summed E-state index contributed by atoms with van der Waals surface area (Å²) in [5.41, 5.74) is 1.95. The number of pyridine rings is 1. The van der Waals surface area contributed by atoms with Crippen molar-refractivity contribution in [3.05, 3.63) is 31.8 Å². The van der Waals surface area contributed by atoms with Crippen molar-refractivity contribution in [1.29, 1.82) is 0 Å². The Kier molecular flexibility index (Phi) is 3.77. The van der Waals surface area contributed by atoms with E-state index < -0.39 is 6.10 Å². The van der Waals surface area contributed by atoms with E-state index in [2.05, 4.69) is 50.7 Å². The number of rotatable bonds is 1. The van der Waals surface area contributed by atoms with E-state index in [-0.39, 0.29) is 5.41 Å². The first-order chi connectivity index (χ1) is 9.35. The third kappa shape index (κ3) is 2.71. The van der Waals surface area contributed by atoms with Crippen molar-refractivity contribution in [1.82, 2.24) is 9.97 Å². The largest absolute Gasteiger partial charge is 0.387 e. The molecule has 2 heterocycles. The molecule has 0 aromatic carbocycles. The molecular formula is C14H14Br2N2OS. The number of aliphatic hydroxyl groups is 1. The molecule has 0 fully saturated rings. The number of aliphatic hydroxyl groups excluding tert-OH is 1. The second kappa shape index (κ2) is 5.16. The summed E-state index contributed by atoms with van der Waals surface area (Å²) in [5.74, 6) is 0. The van der Waals surface area contributed by atoms with E-state index in [1.165, 1.54) is 0 Å². The quantitative estimate of drug-likeness (QED) is 0.728. The van der Waals surface area contributed by atoms with E-state index in [0.717, 1.165) is 43.1 Å². The molecule has 2 aromatic heterocycles. The smallest absolute Gasteiger partial charge is 0.143 e. The summed E-state index contributed by atoms with van der Waals surface area (Å²) in [6.45, 7) is 4.35. The zero-order valence-electron chi connectivity index (χ0n) is 11.2. The zero-order valence-corrected chi connectivity index (χ0v) is 15.1. The minimum Gasteiger partial charge on any atom is -0.387 e. The normalized spacial score (nSPS) is 20.8. The molecule has 3 rings (SSSR count). The molecule has 1 aliphatic rings. The summed E-state index contributed by atoms with van der Waals surface area (Å²) in [6, 6.07) is 1.96. The standard InChI is InChI=1S/C14H14Br2N2OS/c1-14(2)4-9-12(10(19)5-14)20-13(18-9)11-8(16)3-7(15)6-17-11/h3,6,10,19H,4-5H2,1-2H3. The van der Waals surface area contributed by atoms with E-state index in [1.54, 1.807) is 17.5 Å². The van der Waals surface area contributed by atoms with Crippen LogP contribution in [0.25, 0.3) is 10.7 Å². The summed E-state index contributed by atoms with van der Waals surface area (Å²) in [6.07, 6.45) is 3.05. The molecular weight excluding hydrogens is 404 g/mol. The first-order valence-electron chi connectivity index (χ1n) is 6.35. The number of fused-ring (bicyclic) bond motifs is 1. The lowest BCUT2D eigenvalue weighted by Crippen LogP contribution is -2.24. The summed E-state index contributed by atoms with van der Waals surface area (Å²) in [7, 11) is 0. The maximum absolute atomic E-state index is 10.3. The van der Waals surface area contributed by atoms with Gasteiger partial charge in [-0.25, -0.2) is 4.98 Å². The molecule has 20 heavy (non-hydrogen) atoms. The zero-order chi connectivity index (χ0) is 14.5. The fourth-order valence-electron chi connectivity index (χ4n) is 2.57. The molecule has 0 bridgehead atoms. The Morgan fingerprint density at radius 2 is 2.15 bits per heavy atom. The number of thiazole rings is 1. The van der Waals surface area contributed by atoms with Gasteiger partial charge in [0.15, 0.2) is 0 Å². The van der Waals surface area contributed by atoms with Gasteiger partial charge >= 0.3 is 0 Å². The first kappa shape index (κ1) is 14.6. The van der Waals surface area contributed by atoms with Crippen LogP contribution in [0, 0.1) is 5.41 Å². The van der Waals surface area contributed by atoms with Crippen molar-refractivity contribution in [2.24, 2.45) is 5.41 Å². The third-order valence-electron chi connectivity index (χ3n) is 3.43. The van der Waals surface area contributed by atoms with Crippen molar-refractivity contribution in [2.45, 2.75) is 32.8 Å². The summed E-state index contributed by atoms with van der Waals surface area (Å²) in [4.78, 5) is 10.1. The minimum absolute atomic E-state index is 0.0993. The topological polar surface area (TPSA) is 46.0 Å². The minimum atomic E-state index is -0.408. The second-order valence-corrected chi connectivity index (χ2v) is 8.68. The first-order valence-corrected chi connectivity index (χ1v) is 8.75. The van der Waals surface area contributed by atoms with Crippen LogP contribution in [-0.2, 0) is 6.42 Å². The SMILES string of the molecule is CC1(C)Cc2nc(-c3ncc(Br)cc3Br)sc2C(O)C1. The van der Waals surface area contributed by atoms with Crippen molar-refractivity contribution in [3.8, 4) is 10.7 Å². The second-order valence-electron chi connectivity index (χ2n) is 5.87. The number of aromatic nitrogens is 2. The van der Waals surface area contributed by atoms with E-state index in [4.69, 9.17) is 4.98 Å². The van der Waals surface area contributed by atoms with Gasteiger partial charge in [0.2, 0.25) is 0 Å². The van der Waals surface area contributed by atoms with Gasteiger partial charge in [-0.2, -0.15) is 0 Å². The van der Waals surface area contributed by atoms with Crippen LogP contribution in [0.5, 0.6) is 0 Å². The average Bonchev–Trinajstić information content (AvgIpc) is 2.70. The lowest BCUT2D eigenvalue weighted by atomic mass is 9.77. The molecule has 2 aromatic rings. The molecule has 0 saturated carbocycles. The van der Waals surface area contributed by atoms with Crippen LogP contribution in [0.15, 0.2) is 21.2 Å². The number of halogens is 2. The summed E-state index contributed by atoms with van der Waals surface area (Å²) < 4.78 is 1.84. The molecule has 106 valence electrons. The number of hydrogen-bond acceptors (Lipinski definition) is 4. The molecule has 0 aliphatic heterocycles. The van der Waals surface area contributed by atoms with Crippen molar-refractivity contribution < 1.29 is 5.11 Å². The Balaban J connectivity index is 2.06. The molecule has 1 unspecified atom stereocenters. The van der Waals surface area contributed by atoms with E-state index in [0.29, 0.717) is 0 Å². The Labute approximate surface area is 138 Å². The van der Waals surface area contributed by atoms with Crippen LogP contribution in [0.2, 0.25) is 0 Å². The fraction of sp³-hybridized carbons (Fsp3) is 0.429. The molecule has 1 aliphatic carbocycles. The maximum Gasteiger partial charge on any atom is 0.143 e. The van der Waals surface area contributed by atoms with Crippen molar-refractivity contribution >= 4 is 43.2 Å². The Bertz CT molecular complexity index is 669. The molecule has 3 nitrogen and oxygen atoms in total. The highest BCUT2D eigenvalue weighted by Gasteiger charge is 2.34. The van der Waals surface area contributed by atoms with Gasteiger partial charge in [-0.3, -0.25) is 4.98 Å². The number of hydrogen-bond donors (Lipinski definition) is 1. The number of nitrogens with zero attached hydrogens (tertiary/aromatic N) is 2. The van der Waals surface area contributed by atoms with E-state index in [1.807, 2.05) is 6.07 Å². The van der Waals surface area contributed by atoms with E-state index in [9.17, 15) is 5.11 Å². The molecule has 0 saturated heterocycles. The molecule has 0 amide bonds. The lowest BCUT2D eigenvalue weighted by Gasteiger charge is -2.31. The van der Waals surface area contributed by atoms with Crippen LogP contribution in [0.1, 0.15) is 36.9 Å². The Morgan fingerprint density at radius 3 is 2.85 bits per heavy atom. The Hall–Kier alpha value is -0.300. The molecule has 0 spiro atoms. The van der Waals surface area contributed by atoms with E-state index >= 15 is 0 Å². The van der Waals surface area contributed by atoms with Gasteiger partial charge in [-0.1, -0.05) is 13.8 Å². The van der Waals surface area contributed by atoms with Gasteiger partial charge < -0.3 is 5.11 Å². The van der Waals surface area contributed by atoms with Gasteiger partial charge in [-0.05, 0) is 56.2 Å². The summed E-state index contributed by atoms with van der Waals surface area (Å²) >= 11 is 8.48. The van der Waals surface area contributed by atoms with Gasteiger partial charge in [0, 0.05) is 15.1 Å². The van der Waals surface area contributed by atoms with Crippen LogP contribution >= 0.6 is 43.2 Å². The van der Waals surface area contributed by atoms with Gasteiger partial charge in [0.1, 0.15) is 10.7 Å². The van der Waals surface area contributed by atoms with Gasteiger partial charge in [0.25, 0.3) is 0 Å². The van der Waals surface area contributed by atoms with Gasteiger partial charge in [0.05, 0.1) is 16.7 Å². The predicted octanol–water partition coefficient (Wildman–Crippen LogP) is 4.74. The average molecular weight is 418 g/mol. The van der Waals surface area contributed by atoms with Crippen LogP contribution in [0.3, 0.4) is 0 Å².